The Balaban J connectivity index is 0.000000390. The number of rotatable bonds is 74. The number of hydrogen-bond acceptors (Lipinski definition) is 33. The Morgan fingerprint density at radius 3 is 1.11 bits per heavy atom. The smallest absolute Gasteiger partial charge is 0.550 e. The Morgan fingerprint density at radius 1 is 0.387 bits per heavy atom. The molecule has 39 nitrogen and oxygen atoms in total. The fourth-order valence-corrected chi connectivity index (χ4v) is 18.7. The van der Waals surface area contributed by atoms with Gasteiger partial charge in [-0.2, -0.15) is 11.8 Å². The van der Waals surface area contributed by atoms with Crippen LogP contribution in [0.5, 0.6) is 0 Å². The number of hydrogen-bond donors (Lipinski definition) is 10. The Kier molecular flexibility index (Phi) is 70.0. The number of Topliss-reactive ketones (excluding diaryl/α,β-unsaturated/α-hetero) is 4. The van der Waals surface area contributed by atoms with Crippen molar-refractivity contribution in [1.29, 1.82) is 0 Å². The Hall–Kier alpha value is -4.59. The van der Waals surface area contributed by atoms with E-state index in [0.29, 0.717) is 232 Å². The molecule has 7 amide bonds. The van der Waals surface area contributed by atoms with Crippen LogP contribution < -0.4 is 110 Å². The van der Waals surface area contributed by atoms with Crippen molar-refractivity contribution in [2.75, 3.05) is 198 Å². The van der Waals surface area contributed by atoms with Crippen molar-refractivity contribution < 1.29 is 190 Å². The summed E-state index contributed by atoms with van der Waals surface area (Å²) in [6.07, 6.45) is 28.0. The summed E-state index contributed by atoms with van der Waals surface area (Å²) >= 11 is 1.99. The molecule has 8 rings (SSSR count). The van der Waals surface area contributed by atoms with Crippen molar-refractivity contribution >= 4 is 82.2 Å². The van der Waals surface area contributed by atoms with E-state index in [2.05, 4.69) is 60.1 Å². The van der Waals surface area contributed by atoms with Gasteiger partial charge < -0.3 is 153 Å². The zero-order valence-electron chi connectivity index (χ0n) is 86.8. The van der Waals surface area contributed by atoms with Gasteiger partial charge in [0.05, 0.1) is 142 Å². The molecule has 0 saturated carbocycles. The summed E-state index contributed by atoms with van der Waals surface area (Å²) in [5.41, 5.74) is -0.868. The van der Waals surface area contributed by atoms with Crippen molar-refractivity contribution in [3.63, 3.8) is 0 Å². The van der Waals surface area contributed by atoms with Crippen molar-refractivity contribution in [3.05, 3.63) is 12.2 Å². The van der Waals surface area contributed by atoms with Gasteiger partial charge in [0.2, 0.25) is 41.4 Å². The summed E-state index contributed by atoms with van der Waals surface area (Å²) in [4.78, 5) is 144. The van der Waals surface area contributed by atoms with Crippen molar-refractivity contribution in [3.8, 4) is 0 Å². The van der Waals surface area contributed by atoms with Crippen LogP contribution in [-0.2, 0) is 133 Å². The van der Waals surface area contributed by atoms with E-state index in [9.17, 15) is 62.6 Å². The van der Waals surface area contributed by atoms with Crippen molar-refractivity contribution in [1.82, 2.24) is 53.2 Å². The first-order valence-electron chi connectivity index (χ1n) is 52.4. The van der Waals surface area contributed by atoms with E-state index in [-0.39, 0.29) is 235 Å². The minimum Gasteiger partial charge on any atom is -0.550 e. The van der Waals surface area contributed by atoms with Gasteiger partial charge >= 0.3 is 51.4 Å². The number of ketones is 4. The van der Waals surface area contributed by atoms with Crippen LogP contribution in [0.1, 0.15) is 272 Å². The minimum atomic E-state index is -1.23. The molecule has 0 aromatic heterocycles. The van der Waals surface area contributed by atoms with E-state index in [1.807, 2.05) is 45.1 Å². The largest absolute Gasteiger partial charge is 1.00 e. The third-order valence-corrected chi connectivity index (χ3v) is 27.1. The maximum absolute atomic E-state index is 13.0. The quantitative estimate of drug-likeness (QED) is 0.0237. The number of carbonyl (C=O) groups excluding carboxylic acids is 12. The van der Waals surface area contributed by atoms with Gasteiger partial charge in [-0.3, -0.25) is 38.4 Å². The molecule has 0 aromatic rings. The summed E-state index contributed by atoms with van der Waals surface area (Å²) < 4.78 is 93.2. The number of aliphatic carboxylic acids is 1. The number of ether oxygens (including phenoxy) is 16. The number of carbonyl (C=O) groups is 12. The third-order valence-electron chi connectivity index (χ3n) is 25.6. The number of fused-ring (bicyclic) bond motifs is 1. The number of allylic oxidation sites excluding steroid dienone is 1. The molecule has 142 heavy (non-hydrogen) atoms. The van der Waals surface area contributed by atoms with Crippen molar-refractivity contribution in [2.45, 2.75) is 339 Å². The third kappa shape index (κ3) is 57.4. The number of unbranched alkanes of at least 4 members (excludes halogenated alkanes) is 8. The molecule has 0 aromatic carbocycles. The number of carboxylic acid groups (broad SMARTS) is 1. The predicted molar refractivity (Wildman–Crippen MR) is 525 cm³/mol. The minimum absolute atomic E-state index is 0. The van der Waals surface area contributed by atoms with Gasteiger partial charge in [-0.1, -0.05) is 64.0 Å². The molecule has 810 valence electrons. The van der Waals surface area contributed by atoms with Gasteiger partial charge in [0.25, 0.3) is 0 Å². The molecule has 8 saturated heterocycles. The van der Waals surface area contributed by atoms with Gasteiger partial charge in [-0.05, 0) is 184 Å². The van der Waals surface area contributed by atoms with E-state index in [0.717, 1.165) is 102 Å². The first-order chi connectivity index (χ1) is 68.3. The molecule has 6 atom stereocenters. The van der Waals surface area contributed by atoms with Crippen molar-refractivity contribution in [2.24, 2.45) is 22.2 Å². The molecule has 10 N–H and O–H groups in total. The molecule has 8 aliphatic rings. The Bertz CT molecular complexity index is 3540. The summed E-state index contributed by atoms with van der Waals surface area (Å²) in [6, 6.07) is -2.06. The fourth-order valence-electron chi connectivity index (χ4n) is 17.0. The van der Waals surface area contributed by atoms with Crippen LogP contribution in [0.15, 0.2) is 12.2 Å². The molecular weight excluding hydrogens is 1890 g/mol. The second-order valence-corrected chi connectivity index (χ2v) is 40.0. The number of nitrogens with one attached hydrogen (secondary N) is 10. The van der Waals surface area contributed by atoms with Gasteiger partial charge in [0, 0.05) is 132 Å². The molecule has 8 heterocycles. The van der Waals surface area contributed by atoms with Crippen LogP contribution in [-0.4, -0.2) is 336 Å². The van der Waals surface area contributed by atoms with Crippen LogP contribution in [0.3, 0.4) is 0 Å². The van der Waals surface area contributed by atoms with Crippen LogP contribution in [0.2, 0.25) is 0 Å². The number of thioether (sulfide) groups is 1. The molecule has 41 heteroatoms. The van der Waals surface area contributed by atoms with Gasteiger partial charge in [0.1, 0.15) is 41.3 Å². The van der Waals surface area contributed by atoms with Crippen LogP contribution in [0, 0.1) is 22.2 Å². The number of carboxylic acids is 1. The second-order valence-electron chi connectivity index (χ2n) is 38.7. The maximum Gasteiger partial charge on any atom is 1.00 e. The zero-order valence-corrected chi connectivity index (χ0v) is 90.7. The molecule has 0 bridgehead atoms. The molecular formula is C101H175KN10O29S. The first kappa shape index (κ1) is 128. The maximum atomic E-state index is 13.0. The fraction of sp³-hybridized carbons (Fsp3) is 0.861. The summed E-state index contributed by atoms with van der Waals surface area (Å²) in [5.74, 6) is -1.37. The summed E-state index contributed by atoms with van der Waals surface area (Å²) in [5, 5.41) is 40.2. The van der Waals surface area contributed by atoms with E-state index in [4.69, 9.17) is 75.8 Å². The SMILES string of the molecule is CCCCCCCC/C=C/CC(=O)NC(CCC(C)=O)C(=O)NCCCC1OCC2(COC(CCCNC)OC2)CO1.CNCCCC1OCC2(CO1)COC(CCCNC(=O)C(CCC(C)=O)NC(=O)CCCC(=O)[O-])OC2.CNCCCC1OCC2(CO1)COC(CCCNC(=O)C(CCC(C)=O)NC(=O)CCOCCOCCOCCOCCCC(=O)CCCCCC1SCC3NC(=O)CC31)OC2.[K+]. The Morgan fingerprint density at radius 2 is 0.732 bits per heavy atom. The molecule has 6 unspecified atom stereocenters. The average Bonchev–Trinajstić information content (AvgIpc) is 1.84. The van der Waals surface area contributed by atoms with Crippen LogP contribution in [0.25, 0.3) is 0 Å². The number of amides is 7. The predicted octanol–water partition coefficient (Wildman–Crippen LogP) is 3.40. The van der Waals surface area contributed by atoms with Crippen LogP contribution in [0.4, 0.5) is 0 Å². The van der Waals surface area contributed by atoms with E-state index in [1.165, 1.54) is 52.9 Å². The molecule has 8 aliphatic heterocycles. The first-order valence-corrected chi connectivity index (χ1v) is 53.4. The zero-order chi connectivity index (χ0) is 102. The second kappa shape index (κ2) is 77.7. The van der Waals surface area contributed by atoms with Gasteiger partial charge in [-0.25, -0.2) is 0 Å². The molecule has 0 radical (unpaired) electrons. The Labute approximate surface area is 890 Å². The normalized spacial score (nSPS) is 24.2. The molecule has 3 spiro atoms. The molecule has 8 fully saturated rings. The van der Waals surface area contributed by atoms with E-state index < -0.39 is 30.0 Å². The van der Waals surface area contributed by atoms with Gasteiger partial charge in [-0.15, -0.1) is 0 Å². The summed E-state index contributed by atoms with van der Waals surface area (Å²) in [7, 11) is 5.78. The standard InChI is InChI=1S/C44H76N4O13S.C32H57N3O7.C25H43N3O9.K/c1-33(49)14-15-36(43(53)46-18-7-13-42-60-31-44(32-61-42)29-58-41(59-30-44)12-6-17-45-2)47-39(51)16-20-55-22-24-57-26-25-56-23-21-54-19-8-10-34(50)9-4-3-5-11-38-35-27-40(52)48-37(35)28-62-38;1-4-5-6-7-8-9-10-11-12-15-28(37)35-27(19-18-26(2)36)31(38)34-21-14-17-30-41-24-32(25-42-30)22-39-29(40-23-32)16-13-20-33-3;1-18(29)10-11-19(28-20(30)6-3-7-21(31)32)24(33)27-13-5-9-23-36-16-25(17-37-23)14-34-22(35-15-25)8-4-12-26-2;/h35-38,41-42,45H,3-32H2,1-2H3,(H,46,53)(H,47,51)(H,48,52);11-12,27,29-30,33H,4-10,13-25H2,1-3H3,(H,34,38)(H,35,37);19,22-23,26H,3-17H2,1-2H3,(H,27,33)(H,28,30)(H,31,32);/q;;;+1/p-1/b;12-11+;;. The van der Waals surface area contributed by atoms with Gasteiger partial charge in [0.15, 0.2) is 37.7 Å². The van der Waals surface area contributed by atoms with Crippen LogP contribution >= 0.6 is 11.8 Å². The molecule has 0 aliphatic carbocycles. The summed E-state index contributed by atoms with van der Waals surface area (Å²) in [6.45, 7) is 19.7. The van der Waals surface area contributed by atoms with E-state index in [1.54, 1.807) is 0 Å². The van der Waals surface area contributed by atoms with E-state index >= 15 is 0 Å². The topological polar surface area (TPSA) is 496 Å². The average molecular weight is 2060 g/mol. The monoisotopic (exact) mass is 2060 g/mol.